The number of nitrogens with zero attached hydrogens (tertiary/aromatic N) is 1. The third-order valence-electron chi connectivity index (χ3n) is 4.11. The highest BCUT2D eigenvalue weighted by molar-refractivity contribution is 6.05. The lowest BCUT2D eigenvalue weighted by atomic mass is 9.98. The van der Waals surface area contributed by atoms with Gasteiger partial charge in [-0.2, -0.15) is 0 Å². The first kappa shape index (κ1) is 15.6. The molecule has 5 heteroatoms. The van der Waals surface area contributed by atoms with Gasteiger partial charge in [0.05, 0.1) is 18.3 Å². The summed E-state index contributed by atoms with van der Waals surface area (Å²) in [5, 5.41) is 4.04. The Hall–Kier alpha value is -2.30. The van der Waals surface area contributed by atoms with Crippen molar-refractivity contribution < 1.29 is 14.3 Å². The van der Waals surface area contributed by atoms with Crippen LogP contribution < -0.4 is 10.1 Å². The zero-order valence-corrected chi connectivity index (χ0v) is 14.0. The van der Waals surface area contributed by atoms with Crippen molar-refractivity contribution in [1.29, 1.82) is 0 Å². The molecule has 1 saturated carbocycles. The zero-order valence-electron chi connectivity index (χ0n) is 14.0. The van der Waals surface area contributed by atoms with Crippen molar-refractivity contribution in [3.8, 4) is 5.75 Å². The van der Waals surface area contributed by atoms with Crippen LogP contribution in [-0.4, -0.2) is 31.2 Å². The molecule has 1 fully saturated rings. The molecule has 1 heterocycles. The number of anilines is 1. The zero-order chi connectivity index (χ0) is 16.6. The molecule has 1 aliphatic carbocycles. The van der Waals surface area contributed by atoms with E-state index in [1.54, 1.807) is 13.3 Å². The van der Waals surface area contributed by atoms with Gasteiger partial charge in [-0.05, 0) is 30.4 Å². The van der Waals surface area contributed by atoms with E-state index in [1.165, 1.54) is 0 Å². The first-order valence-corrected chi connectivity index (χ1v) is 7.94. The van der Waals surface area contributed by atoms with Crippen LogP contribution in [0.1, 0.15) is 48.5 Å². The highest BCUT2D eigenvalue weighted by Gasteiger charge is 2.28. The molecule has 23 heavy (non-hydrogen) atoms. The Morgan fingerprint density at radius 2 is 2.09 bits per heavy atom. The normalized spacial score (nSPS) is 14.1. The largest absolute Gasteiger partial charge is 0.496 e. The van der Waals surface area contributed by atoms with Crippen molar-refractivity contribution in [3.63, 3.8) is 0 Å². The number of pyridine rings is 1. The maximum atomic E-state index is 12.3. The van der Waals surface area contributed by atoms with E-state index in [4.69, 9.17) is 9.47 Å². The molecule has 1 aliphatic rings. The van der Waals surface area contributed by atoms with E-state index in [-0.39, 0.29) is 12.1 Å². The lowest BCUT2D eigenvalue weighted by Crippen LogP contribution is -2.11. The van der Waals surface area contributed by atoms with Gasteiger partial charge in [-0.25, -0.2) is 4.79 Å². The minimum absolute atomic E-state index is 0.0741. The molecule has 0 bridgehead atoms. The van der Waals surface area contributed by atoms with Crippen molar-refractivity contribution in [2.75, 3.05) is 19.5 Å². The van der Waals surface area contributed by atoms with E-state index in [9.17, 15) is 4.79 Å². The number of rotatable bonds is 5. The lowest BCUT2D eigenvalue weighted by Gasteiger charge is -2.16. The third kappa shape index (κ3) is 2.96. The average Bonchev–Trinajstić information content (AvgIpc) is 3.35. The number of carbonyl (C=O) groups is 1. The molecular formula is C18H22N2O3. The van der Waals surface area contributed by atoms with Crippen LogP contribution in [0, 0.1) is 0 Å². The highest BCUT2D eigenvalue weighted by atomic mass is 16.5. The molecule has 0 spiro atoms. The first-order chi connectivity index (χ1) is 11.0. The quantitative estimate of drug-likeness (QED) is 0.852. The van der Waals surface area contributed by atoms with Crippen molar-refractivity contribution in [2.24, 2.45) is 0 Å². The van der Waals surface area contributed by atoms with E-state index in [0.717, 1.165) is 40.7 Å². The molecule has 0 aliphatic heterocycles. The number of esters is 1. The Morgan fingerprint density at radius 1 is 1.35 bits per heavy atom. The van der Waals surface area contributed by atoms with Crippen molar-refractivity contribution in [3.05, 3.63) is 29.5 Å². The number of methoxy groups -OCH3 is 1. The van der Waals surface area contributed by atoms with Gasteiger partial charge in [-0.3, -0.25) is 4.98 Å². The van der Waals surface area contributed by atoms with Gasteiger partial charge in [-0.1, -0.05) is 13.8 Å². The summed E-state index contributed by atoms with van der Waals surface area (Å²) in [6.07, 6.45) is 3.56. The van der Waals surface area contributed by atoms with E-state index >= 15 is 0 Å². The highest BCUT2D eigenvalue weighted by Crippen LogP contribution is 2.35. The predicted molar refractivity (Wildman–Crippen MR) is 90.4 cm³/mol. The molecule has 0 saturated heterocycles. The summed E-state index contributed by atoms with van der Waals surface area (Å²) in [4.78, 5) is 16.8. The van der Waals surface area contributed by atoms with Gasteiger partial charge < -0.3 is 14.8 Å². The Balaban J connectivity index is 2.14. The molecule has 3 rings (SSSR count). The number of hydrogen-bond acceptors (Lipinski definition) is 5. The van der Waals surface area contributed by atoms with E-state index in [1.807, 2.05) is 19.2 Å². The molecule has 0 amide bonds. The number of nitrogens with one attached hydrogen (secondary N) is 1. The standard InChI is InChI=1S/C18H22N2O3/c1-10(2)12-7-13-15(8-16(12)22-4)20-9-14(17(13)19-3)18(21)23-11-5-6-11/h7-11H,5-6H2,1-4H3,(H,19,20). The van der Waals surface area contributed by atoms with Crippen molar-refractivity contribution in [1.82, 2.24) is 4.98 Å². The van der Waals surface area contributed by atoms with Gasteiger partial charge in [0.25, 0.3) is 0 Å². The number of aromatic nitrogens is 1. The second-order valence-corrected chi connectivity index (χ2v) is 6.17. The van der Waals surface area contributed by atoms with Gasteiger partial charge in [0.15, 0.2) is 0 Å². The lowest BCUT2D eigenvalue weighted by molar-refractivity contribution is 0.0473. The Morgan fingerprint density at radius 3 is 2.65 bits per heavy atom. The number of hydrogen-bond donors (Lipinski definition) is 1. The molecule has 2 aromatic rings. The molecule has 0 radical (unpaired) electrons. The van der Waals surface area contributed by atoms with Crippen LogP contribution in [0.2, 0.25) is 0 Å². The van der Waals surface area contributed by atoms with Crippen LogP contribution in [0.4, 0.5) is 5.69 Å². The van der Waals surface area contributed by atoms with Gasteiger partial charge in [0, 0.05) is 24.7 Å². The fourth-order valence-electron chi connectivity index (χ4n) is 2.69. The summed E-state index contributed by atoms with van der Waals surface area (Å²) in [6.45, 7) is 4.22. The summed E-state index contributed by atoms with van der Waals surface area (Å²) in [5.74, 6) is 0.810. The van der Waals surface area contributed by atoms with Crippen molar-refractivity contribution in [2.45, 2.75) is 38.7 Å². The minimum atomic E-state index is -0.312. The second-order valence-electron chi connectivity index (χ2n) is 6.17. The fraction of sp³-hybridized carbons (Fsp3) is 0.444. The van der Waals surface area contributed by atoms with Crippen LogP contribution in [-0.2, 0) is 4.74 Å². The van der Waals surface area contributed by atoms with Crippen LogP contribution in [0.5, 0.6) is 5.75 Å². The Kier molecular flexibility index (Phi) is 4.11. The van der Waals surface area contributed by atoms with Crippen LogP contribution in [0.3, 0.4) is 0 Å². The molecule has 1 N–H and O–H groups in total. The summed E-state index contributed by atoms with van der Waals surface area (Å²) in [6, 6.07) is 3.97. The predicted octanol–water partition coefficient (Wildman–Crippen LogP) is 3.73. The van der Waals surface area contributed by atoms with Crippen LogP contribution >= 0.6 is 0 Å². The monoisotopic (exact) mass is 314 g/mol. The van der Waals surface area contributed by atoms with Gasteiger partial charge >= 0.3 is 5.97 Å². The molecule has 1 aromatic carbocycles. The molecule has 0 unspecified atom stereocenters. The van der Waals surface area contributed by atoms with Crippen LogP contribution in [0.25, 0.3) is 10.9 Å². The maximum Gasteiger partial charge on any atom is 0.342 e. The molecule has 1 aromatic heterocycles. The molecular weight excluding hydrogens is 292 g/mol. The minimum Gasteiger partial charge on any atom is -0.496 e. The third-order valence-corrected chi connectivity index (χ3v) is 4.11. The number of benzene rings is 1. The second kappa shape index (κ2) is 6.07. The Bertz CT molecular complexity index is 752. The SMILES string of the molecule is CNc1c(C(=O)OC2CC2)cnc2cc(OC)c(C(C)C)cc12. The van der Waals surface area contributed by atoms with Crippen molar-refractivity contribution >= 4 is 22.6 Å². The topological polar surface area (TPSA) is 60.5 Å². The Labute approximate surface area is 136 Å². The average molecular weight is 314 g/mol. The fourth-order valence-corrected chi connectivity index (χ4v) is 2.69. The molecule has 5 nitrogen and oxygen atoms in total. The first-order valence-electron chi connectivity index (χ1n) is 7.94. The smallest absolute Gasteiger partial charge is 0.342 e. The molecule has 0 atom stereocenters. The van der Waals surface area contributed by atoms with Crippen LogP contribution in [0.15, 0.2) is 18.3 Å². The number of carbonyl (C=O) groups excluding carboxylic acids is 1. The summed E-state index contributed by atoms with van der Waals surface area (Å²) in [5.41, 5.74) is 3.11. The summed E-state index contributed by atoms with van der Waals surface area (Å²) >= 11 is 0. The molecule has 122 valence electrons. The summed E-state index contributed by atoms with van der Waals surface area (Å²) in [7, 11) is 3.47. The van der Waals surface area contributed by atoms with Gasteiger partial charge in [0.1, 0.15) is 17.4 Å². The number of fused-ring (bicyclic) bond motifs is 1. The van der Waals surface area contributed by atoms with E-state index < -0.39 is 0 Å². The van der Waals surface area contributed by atoms with Gasteiger partial charge in [0.2, 0.25) is 0 Å². The van der Waals surface area contributed by atoms with E-state index in [0.29, 0.717) is 11.5 Å². The van der Waals surface area contributed by atoms with Gasteiger partial charge in [-0.15, -0.1) is 0 Å². The number of ether oxygens (including phenoxy) is 2. The maximum absolute atomic E-state index is 12.3. The van der Waals surface area contributed by atoms with E-state index in [2.05, 4.69) is 24.1 Å². The summed E-state index contributed by atoms with van der Waals surface area (Å²) < 4.78 is 10.9.